The summed E-state index contributed by atoms with van der Waals surface area (Å²) < 4.78 is 5.42. The van der Waals surface area contributed by atoms with Crippen LogP contribution in [0.3, 0.4) is 0 Å². The van der Waals surface area contributed by atoms with Crippen molar-refractivity contribution in [2.45, 2.75) is 40.5 Å². The standard InChI is InChI=1S/C23H28N2O3/c1-5-28-19-9-6-16(7-10-19)14-21(26)24-18-8-11-20-17(15-18)12-13-25(20)22(27)23(2,3)4/h6-11,15H,5,12-14H2,1-4H3,(H,24,26). The molecular formula is C23H28N2O3. The fourth-order valence-corrected chi connectivity index (χ4v) is 3.36. The van der Waals surface area contributed by atoms with Crippen LogP contribution < -0.4 is 15.0 Å². The summed E-state index contributed by atoms with van der Waals surface area (Å²) in [7, 11) is 0. The number of nitrogens with one attached hydrogen (secondary N) is 1. The lowest BCUT2D eigenvalue weighted by atomic mass is 9.94. The second-order valence-electron chi connectivity index (χ2n) is 8.10. The van der Waals surface area contributed by atoms with Gasteiger partial charge < -0.3 is 15.0 Å². The van der Waals surface area contributed by atoms with E-state index in [-0.39, 0.29) is 11.8 Å². The summed E-state index contributed by atoms with van der Waals surface area (Å²) in [6.07, 6.45) is 1.11. The van der Waals surface area contributed by atoms with Gasteiger partial charge in [-0.15, -0.1) is 0 Å². The second-order valence-corrected chi connectivity index (χ2v) is 8.10. The molecule has 5 nitrogen and oxygen atoms in total. The number of fused-ring (bicyclic) bond motifs is 1. The molecule has 0 atom stereocenters. The van der Waals surface area contributed by atoms with Crippen LogP contribution in [0.1, 0.15) is 38.8 Å². The summed E-state index contributed by atoms with van der Waals surface area (Å²) in [5.41, 5.74) is 3.33. The lowest BCUT2D eigenvalue weighted by Gasteiger charge is -2.26. The van der Waals surface area contributed by atoms with E-state index in [1.165, 1.54) is 0 Å². The molecule has 0 spiro atoms. The molecule has 0 bridgehead atoms. The molecule has 1 aliphatic heterocycles. The van der Waals surface area contributed by atoms with E-state index in [1.807, 2.05) is 75.1 Å². The average molecular weight is 380 g/mol. The Morgan fingerprint density at radius 1 is 1.11 bits per heavy atom. The molecule has 0 aliphatic carbocycles. The first-order valence-electron chi connectivity index (χ1n) is 9.74. The summed E-state index contributed by atoms with van der Waals surface area (Å²) in [5.74, 6) is 0.864. The fraction of sp³-hybridized carbons (Fsp3) is 0.391. The van der Waals surface area contributed by atoms with Crippen LogP contribution >= 0.6 is 0 Å². The Labute approximate surface area is 166 Å². The van der Waals surface area contributed by atoms with Crippen LogP contribution in [0.2, 0.25) is 0 Å². The number of carbonyl (C=O) groups is 2. The number of amides is 2. The molecule has 3 rings (SSSR count). The minimum atomic E-state index is -0.411. The van der Waals surface area contributed by atoms with Crippen LogP contribution in [-0.4, -0.2) is 25.0 Å². The van der Waals surface area contributed by atoms with Crippen LogP contribution in [0.25, 0.3) is 0 Å². The Morgan fingerprint density at radius 3 is 2.46 bits per heavy atom. The highest BCUT2D eigenvalue weighted by Gasteiger charge is 2.32. The number of hydrogen-bond donors (Lipinski definition) is 1. The quantitative estimate of drug-likeness (QED) is 0.846. The van der Waals surface area contributed by atoms with E-state index in [0.717, 1.165) is 34.7 Å². The van der Waals surface area contributed by atoms with Gasteiger partial charge in [0.1, 0.15) is 5.75 Å². The van der Waals surface area contributed by atoms with E-state index in [4.69, 9.17) is 4.74 Å². The van der Waals surface area contributed by atoms with Crippen LogP contribution in [0.15, 0.2) is 42.5 Å². The zero-order valence-corrected chi connectivity index (χ0v) is 17.0. The topological polar surface area (TPSA) is 58.6 Å². The molecule has 0 aromatic heterocycles. The number of nitrogens with zero attached hydrogens (tertiary/aromatic N) is 1. The van der Waals surface area contributed by atoms with Gasteiger partial charge >= 0.3 is 0 Å². The molecule has 0 saturated heterocycles. The smallest absolute Gasteiger partial charge is 0.232 e. The zero-order valence-electron chi connectivity index (χ0n) is 17.0. The summed E-state index contributed by atoms with van der Waals surface area (Å²) in [5, 5.41) is 2.96. The van der Waals surface area contributed by atoms with Gasteiger partial charge in [0.05, 0.1) is 13.0 Å². The highest BCUT2D eigenvalue weighted by atomic mass is 16.5. The van der Waals surface area contributed by atoms with Gasteiger partial charge in [-0.2, -0.15) is 0 Å². The Kier molecular flexibility index (Phi) is 5.73. The van der Waals surface area contributed by atoms with Gasteiger partial charge in [0.15, 0.2) is 0 Å². The van der Waals surface area contributed by atoms with Crippen LogP contribution in [0.5, 0.6) is 5.75 Å². The first-order valence-corrected chi connectivity index (χ1v) is 9.74. The van der Waals surface area contributed by atoms with Crippen LogP contribution in [0, 0.1) is 5.41 Å². The number of rotatable bonds is 5. The lowest BCUT2D eigenvalue weighted by molar-refractivity contribution is -0.125. The molecule has 2 aromatic carbocycles. The van der Waals surface area contributed by atoms with Crippen LogP contribution in [-0.2, 0) is 22.4 Å². The van der Waals surface area contributed by atoms with Crippen molar-refractivity contribution < 1.29 is 14.3 Å². The zero-order chi connectivity index (χ0) is 20.3. The third-order valence-corrected chi connectivity index (χ3v) is 4.74. The van der Waals surface area contributed by atoms with Crippen molar-refractivity contribution in [2.24, 2.45) is 5.41 Å². The molecular weight excluding hydrogens is 352 g/mol. The van der Waals surface area contributed by atoms with E-state index in [9.17, 15) is 9.59 Å². The molecule has 0 radical (unpaired) electrons. The molecule has 1 N–H and O–H groups in total. The first kappa shape index (κ1) is 19.9. The number of ether oxygens (including phenoxy) is 1. The molecule has 5 heteroatoms. The van der Waals surface area contributed by atoms with Gasteiger partial charge in [0.2, 0.25) is 11.8 Å². The van der Waals surface area contributed by atoms with E-state index < -0.39 is 5.41 Å². The average Bonchev–Trinajstić information content (AvgIpc) is 3.05. The number of hydrogen-bond acceptors (Lipinski definition) is 3. The van der Waals surface area contributed by atoms with Crippen LogP contribution in [0.4, 0.5) is 11.4 Å². The predicted molar refractivity (Wildman–Crippen MR) is 112 cm³/mol. The Balaban J connectivity index is 1.64. The maximum atomic E-state index is 12.6. The van der Waals surface area contributed by atoms with Crippen molar-refractivity contribution >= 4 is 23.2 Å². The number of benzene rings is 2. The molecule has 0 fully saturated rings. The van der Waals surface area contributed by atoms with Crippen molar-refractivity contribution in [3.05, 3.63) is 53.6 Å². The van der Waals surface area contributed by atoms with E-state index in [1.54, 1.807) is 0 Å². The highest BCUT2D eigenvalue weighted by Crippen LogP contribution is 2.33. The minimum Gasteiger partial charge on any atom is -0.494 e. The van der Waals surface area contributed by atoms with Crippen molar-refractivity contribution in [3.63, 3.8) is 0 Å². The molecule has 0 saturated carbocycles. The number of anilines is 2. The van der Waals surface area contributed by atoms with Gasteiger partial charge in [-0.3, -0.25) is 9.59 Å². The fourth-order valence-electron chi connectivity index (χ4n) is 3.36. The molecule has 2 amide bonds. The molecule has 1 heterocycles. The third-order valence-electron chi connectivity index (χ3n) is 4.74. The monoisotopic (exact) mass is 380 g/mol. The third kappa shape index (κ3) is 4.53. The van der Waals surface area contributed by atoms with Crippen molar-refractivity contribution in [2.75, 3.05) is 23.4 Å². The highest BCUT2D eigenvalue weighted by molar-refractivity contribution is 5.99. The van der Waals surface area contributed by atoms with Crippen molar-refractivity contribution in [1.29, 1.82) is 0 Å². The second kappa shape index (κ2) is 8.05. The Bertz CT molecular complexity index is 866. The molecule has 2 aromatic rings. The van der Waals surface area contributed by atoms with Gasteiger partial charge in [-0.05, 0) is 54.8 Å². The largest absolute Gasteiger partial charge is 0.494 e. The van der Waals surface area contributed by atoms with E-state index in [0.29, 0.717) is 19.6 Å². The number of carbonyl (C=O) groups excluding carboxylic acids is 2. The summed E-state index contributed by atoms with van der Waals surface area (Å²) in [6.45, 7) is 9.05. The maximum Gasteiger partial charge on any atom is 0.232 e. The Hall–Kier alpha value is -2.82. The maximum absolute atomic E-state index is 12.6. The molecule has 0 unspecified atom stereocenters. The summed E-state index contributed by atoms with van der Waals surface area (Å²) >= 11 is 0. The lowest BCUT2D eigenvalue weighted by Crippen LogP contribution is -2.38. The predicted octanol–water partition coefficient (Wildman–Crippen LogP) is 4.20. The molecule has 148 valence electrons. The summed E-state index contributed by atoms with van der Waals surface area (Å²) in [6, 6.07) is 13.3. The van der Waals surface area contributed by atoms with Crippen molar-refractivity contribution in [3.8, 4) is 5.75 Å². The van der Waals surface area contributed by atoms with Gasteiger partial charge in [-0.1, -0.05) is 32.9 Å². The summed E-state index contributed by atoms with van der Waals surface area (Å²) in [4.78, 5) is 26.8. The molecule has 1 aliphatic rings. The molecule has 28 heavy (non-hydrogen) atoms. The Morgan fingerprint density at radius 2 is 1.82 bits per heavy atom. The van der Waals surface area contributed by atoms with Gasteiger partial charge in [0.25, 0.3) is 0 Å². The van der Waals surface area contributed by atoms with E-state index in [2.05, 4.69) is 5.32 Å². The normalized spacial score (nSPS) is 13.2. The van der Waals surface area contributed by atoms with E-state index >= 15 is 0 Å². The van der Waals surface area contributed by atoms with Crippen molar-refractivity contribution in [1.82, 2.24) is 0 Å². The minimum absolute atomic E-state index is 0.0651. The van der Waals surface area contributed by atoms with Gasteiger partial charge in [-0.25, -0.2) is 0 Å². The SMILES string of the molecule is CCOc1ccc(CC(=O)Nc2ccc3c(c2)CCN3C(=O)C(C)(C)C)cc1. The van der Waals surface area contributed by atoms with Gasteiger partial charge in [0, 0.05) is 23.3 Å². The first-order chi connectivity index (χ1) is 13.3.